The lowest BCUT2D eigenvalue weighted by Gasteiger charge is -2.30. The Kier molecular flexibility index (Phi) is 6.12. The van der Waals surface area contributed by atoms with Crippen LogP contribution in [0.2, 0.25) is 0 Å². The number of carbonyl (C=O) groups is 2. The summed E-state index contributed by atoms with van der Waals surface area (Å²) in [4.78, 5) is 28.4. The molecule has 2 heterocycles. The van der Waals surface area contributed by atoms with Crippen LogP contribution in [0, 0.1) is 12.3 Å². The van der Waals surface area contributed by atoms with Crippen LogP contribution < -0.4 is 5.32 Å². The molecule has 2 N–H and O–H groups in total. The van der Waals surface area contributed by atoms with E-state index in [0.29, 0.717) is 31.5 Å². The van der Waals surface area contributed by atoms with Gasteiger partial charge in [-0.15, -0.1) is 0 Å². The third kappa shape index (κ3) is 4.31. The molecule has 2 amide bonds. The highest BCUT2D eigenvalue weighted by atomic mass is 16.2. The minimum Gasteiger partial charge on any atom is -0.353 e. The predicted molar refractivity (Wildman–Crippen MR) is 125 cm³/mol. The summed E-state index contributed by atoms with van der Waals surface area (Å²) in [7, 11) is 0. The zero-order valence-electron chi connectivity index (χ0n) is 18.9. The number of amides is 2. The highest BCUT2D eigenvalue weighted by molar-refractivity contribution is 5.96. The molecule has 0 bridgehead atoms. The van der Waals surface area contributed by atoms with E-state index in [2.05, 4.69) is 39.8 Å². The summed E-state index contributed by atoms with van der Waals surface area (Å²) in [6.45, 7) is 6.71. The molecule has 0 unspecified atom stereocenters. The van der Waals surface area contributed by atoms with E-state index < -0.39 is 5.41 Å². The van der Waals surface area contributed by atoms with Crippen LogP contribution in [0.1, 0.15) is 41.9 Å². The molecular weight excluding hydrogens is 400 g/mol. The SMILES string of the molecule is Cc1[nH]ncc1C(=O)N1CC[C@](Cc2ccccc2-c2ccccc2)(C(=O)NC(C)C)C1. The number of aromatic nitrogens is 2. The van der Waals surface area contributed by atoms with E-state index in [-0.39, 0.29) is 17.9 Å². The van der Waals surface area contributed by atoms with Gasteiger partial charge in [0.25, 0.3) is 5.91 Å². The van der Waals surface area contributed by atoms with Gasteiger partial charge in [0.1, 0.15) is 0 Å². The first-order valence-electron chi connectivity index (χ1n) is 11.1. The molecule has 1 atom stereocenters. The van der Waals surface area contributed by atoms with Crippen LogP contribution in [0.4, 0.5) is 0 Å². The van der Waals surface area contributed by atoms with Gasteiger partial charge in [-0.25, -0.2) is 0 Å². The Morgan fingerprint density at radius 1 is 1.12 bits per heavy atom. The number of hydrogen-bond acceptors (Lipinski definition) is 3. The van der Waals surface area contributed by atoms with Crippen molar-refractivity contribution in [2.75, 3.05) is 13.1 Å². The Morgan fingerprint density at radius 2 is 1.84 bits per heavy atom. The Hall–Kier alpha value is -3.41. The minimum absolute atomic E-state index is 0.00887. The molecule has 3 aromatic rings. The predicted octanol–water partition coefficient (Wildman–Crippen LogP) is 3.98. The number of H-pyrrole nitrogens is 1. The van der Waals surface area contributed by atoms with Gasteiger partial charge in [0.2, 0.25) is 5.91 Å². The molecule has 6 heteroatoms. The van der Waals surface area contributed by atoms with E-state index in [9.17, 15) is 9.59 Å². The molecule has 1 aromatic heterocycles. The van der Waals surface area contributed by atoms with Crippen LogP contribution in [0.5, 0.6) is 0 Å². The minimum atomic E-state index is -0.678. The number of hydrogen-bond donors (Lipinski definition) is 2. The average Bonchev–Trinajstić information content (AvgIpc) is 3.41. The summed E-state index contributed by atoms with van der Waals surface area (Å²) in [5.74, 6) is -0.0682. The van der Waals surface area contributed by atoms with Crippen molar-refractivity contribution in [3.05, 3.63) is 77.6 Å². The van der Waals surface area contributed by atoms with Gasteiger partial charge in [0, 0.05) is 24.8 Å². The van der Waals surface area contributed by atoms with Gasteiger partial charge in [-0.05, 0) is 50.3 Å². The Balaban J connectivity index is 1.67. The Bertz CT molecular complexity index is 1110. The van der Waals surface area contributed by atoms with Crippen molar-refractivity contribution in [2.45, 2.75) is 39.7 Å². The molecule has 1 saturated heterocycles. The van der Waals surface area contributed by atoms with E-state index in [1.54, 1.807) is 11.1 Å². The van der Waals surface area contributed by atoms with Crippen LogP contribution in [0.15, 0.2) is 60.8 Å². The van der Waals surface area contributed by atoms with Crippen molar-refractivity contribution in [3.8, 4) is 11.1 Å². The van der Waals surface area contributed by atoms with Crippen LogP contribution in [0.3, 0.4) is 0 Å². The standard InChI is InChI=1S/C26H30N4O2/c1-18(2)28-25(32)26(13-14-30(17-26)24(31)23-16-27-29-19(23)3)15-21-11-7-8-12-22(21)20-9-5-4-6-10-20/h4-12,16,18H,13-15,17H2,1-3H3,(H,27,29)(H,28,32)/t26-/m1/s1. The topological polar surface area (TPSA) is 78.1 Å². The molecular formula is C26H30N4O2. The van der Waals surface area contributed by atoms with E-state index >= 15 is 0 Å². The third-order valence-corrected chi connectivity index (χ3v) is 6.23. The maximum atomic E-state index is 13.5. The lowest BCUT2D eigenvalue weighted by atomic mass is 9.78. The fourth-order valence-electron chi connectivity index (χ4n) is 4.55. The second-order valence-electron chi connectivity index (χ2n) is 8.99. The molecule has 1 aliphatic rings. The molecule has 0 spiro atoms. The number of rotatable bonds is 6. The van der Waals surface area contributed by atoms with Crippen molar-refractivity contribution in [2.24, 2.45) is 5.41 Å². The van der Waals surface area contributed by atoms with Crippen LogP contribution in [0.25, 0.3) is 11.1 Å². The zero-order chi connectivity index (χ0) is 22.7. The number of likely N-dealkylation sites (tertiary alicyclic amines) is 1. The number of aryl methyl sites for hydroxylation is 1. The van der Waals surface area contributed by atoms with E-state index in [1.807, 2.05) is 51.1 Å². The molecule has 6 nitrogen and oxygen atoms in total. The first kappa shape index (κ1) is 21.8. The highest BCUT2D eigenvalue weighted by Gasteiger charge is 2.46. The molecule has 0 aliphatic carbocycles. The number of benzene rings is 2. The van der Waals surface area contributed by atoms with Crippen molar-refractivity contribution in [3.63, 3.8) is 0 Å². The molecule has 2 aromatic carbocycles. The van der Waals surface area contributed by atoms with Gasteiger partial charge in [0.15, 0.2) is 0 Å². The summed E-state index contributed by atoms with van der Waals surface area (Å²) in [6.07, 6.45) is 2.76. The van der Waals surface area contributed by atoms with Gasteiger partial charge >= 0.3 is 0 Å². The molecule has 4 rings (SSSR count). The van der Waals surface area contributed by atoms with Crippen molar-refractivity contribution < 1.29 is 9.59 Å². The first-order valence-corrected chi connectivity index (χ1v) is 11.1. The van der Waals surface area contributed by atoms with Gasteiger partial charge in [0.05, 0.1) is 17.2 Å². The van der Waals surface area contributed by atoms with E-state index in [0.717, 1.165) is 22.4 Å². The molecule has 32 heavy (non-hydrogen) atoms. The first-order chi connectivity index (χ1) is 15.4. The largest absolute Gasteiger partial charge is 0.353 e. The lowest BCUT2D eigenvalue weighted by molar-refractivity contribution is -0.130. The van der Waals surface area contributed by atoms with Crippen LogP contribution in [-0.4, -0.2) is 46.0 Å². The number of carbonyl (C=O) groups excluding carboxylic acids is 2. The smallest absolute Gasteiger partial charge is 0.257 e. The maximum absolute atomic E-state index is 13.5. The second-order valence-corrected chi connectivity index (χ2v) is 8.99. The number of nitrogens with zero attached hydrogens (tertiary/aromatic N) is 2. The van der Waals surface area contributed by atoms with Gasteiger partial charge < -0.3 is 10.2 Å². The number of aromatic amines is 1. The van der Waals surface area contributed by atoms with Gasteiger partial charge in [-0.1, -0.05) is 54.6 Å². The zero-order valence-corrected chi connectivity index (χ0v) is 18.9. The van der Waals surface area contributed by atoms with Crippen molar-refractivity contribution in [1.29, 1.82) is 0 Å². The lowest BCUT2D eigenvalue weighted by Crippen LogP contribution is -2.47. The Labute approximate surface area is 189 Å². The fourth-order valence-corrected chi connectivity index (χ4v) is 4.55. The van der Waals surface area contributed by atoms with Crippen LogP contribution >= 0.6 is 0 Å². The highest BCUT2D eigenvalue weighted by Crippen LogP contribution is 2.38. The normalized spacial score (nSPS) is 18.2. The van der Waals surface area contributed by atoms with Gasteiger partial charge in [-0.2, -0.15) is 5.10 Å². The number of nitrogens with one attached hydrogen (secondary N) is 2. The third-order valence-electron chi connectivity index (χ3n) is 6.23. The van der Waals surface area contributed by atoms with E-state index in [1.165, 1.54) is 0 Å². The Morgan fingerprint density at radius 3 is 2.53 bits per heavy atom. The average molecular weight is 431 g/mol. The second kappa shape index (κ2) is 8.99. The van der Waals surface area contributed by atoms with Crippen molar-refractivity contribution >= 4 is 11.8 Å². The molecule has 1 fully saturated rings. The maximum Gasteiger partial charge on any atom is 0.257 e. The van der Waals surface area contributed by atoms with Crippen LogP contribution in [-0.2, 0) is 11.2 Å². The van der Waals surface area contributed by atoms with Crippen molar-refractivity contribution in [1.82, 2.24) is 20.4 Å². The summed E-state index contributed by atoms with van der Waals surface area (Å²) in [5.41, 5.74) is 4.00. The fraction of sp³-hybridized carbons (Fsp3) is 0.346. The molecule has 1 aliphatic heterocycles. The van der Waals surface area contributed by atoms with E-state index in [4.69, 9.17) is 0 Å². The molecule has 0 radical (unpaired) electrons. The quantitative estimate of drug-likeness (QED) is 0.621. The summed E-state index contributed by atoms with van der Waals surface area (Å²) < 4.78 is 0. The monoisotopic (exact) mass is 430 g/mol. The van der Waals surface area contributed by atoms with Gasteiger partial charge in [-0.3, -0.25) is 14.7 Å². The summed E-state index contributed by atoms with van der Waals surface area (Å²) in [6, 6.07) is 18.5. The summed E-state index contributed by atoms with van der Waals surface area (Å²) in [5, 5.41) is 9.93. The molecule has 166 valence electrons. The molecule has 0 saturated carbocycles. The summed E-state index contributed by atoms with van der Waals surface area (Å²) >= 11 is 0.